The number of hydrogen-bond acceptors (Lipinski definition) is 2. The number of benzene rings is 2. The highest BCUT2D eigenvalue weighted by Crippen LogP contribution is 2.30. The van der Waals surface area contributed by atoms with Gasteiger partial charge in [-0.3, -0.25) is 4.79 Å². The van der Waals surface area contributed by atoms with Crippen LogP contribution in [0.2, 0.25) is 5.02 Å². The van der Waals surface area contributed by atoms with E-state index < -0.39 is 5.97 Å². The third-order valence-corrected chi connectivity index (χ3v) is 4.07. The number of halogens is 1. The number of rotatable bonds is 4. The van der Waals surface area contributed by atoms with Crippen molar-refractivity contribution in [3.63, 3.8) is 0 Å². The number of carboxylic acid groups (broad SMARTS) is 1. The minimum atomic E-state index is -0.811. The molecule has 2 aromatic carbocycles. The molecule has 19 heavy (non-hydrogen) atoms. The molecule has 98 valence electrons. The molecule has 0 unspecified atom stereocenters. The lowest BCUT2D eigenvalue weighted by atomic mass is 10.2. The van der Waals surface area contributed by atoms with Crippen LogP contribution in [0.5, 0.6) is 0 Å². The topological polar surface area (TPSA) is 37.3 Å². The van der Waals surface area contributed by atoms with E-state index in [1.54, 1.807) is 11.8 Å². The van der Waals surface area contributed by atoms with Crippen molar-refractivity contribution in [3.8, 4) is 0 Å². The van der Waals surface area contributed by atoms with Crippen LogP contribution in [0.1, 0.15) is 11.1 Å². The van der Waals surface area contributed by atoms with Crippen molar-refractivity contribution in [2.24, 2.45) is 0 Å². The van der Waals surface area contributed by atoms with Gasteiger partial charge in [0.15, 0.2) is 0 Å². The molecule has 1 N–H and O–H groups in total. The maximum Gasteiger partial charge on any atom is 0.307 e. The molecule has 4 heteroatoms. The standard InChI is InChI=1S/C15H13ClO2S/c1-10-8-13(6-7-14(10)16)19-12-4-2-11(3-5-12)9-15(17)18/h2-8H,9H2,1H3,(H,17,18). The Morgan fingerprint density at radius 2 is 1.79 bits per heavy atom. The third-order valence-electron chi connectivity index (χ3n) is 2.64. The summed E-state index contributed by atoms with van der Waals surface area (Å²) in [5.74, 6) is -0.811. The highest BCUT2D eigenvalue weighted by molar-refractivity contribution is 7.99. The number of hydrogen-bond donors (Lipinski definition) is 1. The van der Waals surface area contributed by atoms with Crippen LogP contribution in [-0.4, -0.2) is 11.1 Å². The smallest absolute Gasteiger partial charge is 0.307 e. The Labute approximate surface area is 121 Å². The summed E-state index contributed by atoms with van der Waals surface area (Å²) in [6, 6.07) is 13.5. The maximum absolute atomic E-state index is 10.6. The van der Waals surface area contributed by atoms with Gasteiger partial charge in [0.2, 0.25) is 0 Å². The first-order valence-corrected chi connectivity index (χ1v) is 6.99. The molecule has 0 saturated carbocycles. The fourth-order valence-electron chi connectivity index (χ4n) is 1.67. The molecule has 0 fully saturated rings. The van der Waals surface area contributed by atoms with Gasteiger partial charge in [-0.1, -0.05) is 35.5 Å². The fraction of sp³-hybridized carbons (Fsp3) is 0.133. The van der Waals surface area contributed by atoms with E-state index in [4.69, 9.17) is 16.7 Å². The molecule has 0 aliphatic heterocycles. The molecule has 0 spiro atoms. The van der Waals surface area contributed by atoms with Crippen LogP contribution in [-0.2, 0) is 11.2 Å². The van der Waals surface area contributed by atoms with E-state index in [1.807, 2.05) is 49.4 Å². The molecule has 0 heterocycles. The zero-order valence-corrected chi connectivity index (χ0v) is 12.0. The molecular formula is C15H13ClO2S. The molecule has 0 radical (unpaired) electrons. The summed E-state index contributed by atoms with van der Waals surface area (Å²) in [4.78, 5) is 12.8. The van der Waals surface area contributed by atoms with Gasteiger partial charge in [0.25, 0.3) is 0 Å². The van der Waals surface area contributed by atoms with Crippen molar-refractivity contribution in [2.75, 3.05) is 0 Å². The van der Waals surface area contributed by atoms with Gasteiger partial charge in [-0.05, 0) is 48.4 Å². The van der Waals surface area contributed by atoms with Gasteiger partial charge in [0.05, 0.1) is 6.42 Å². The van der Waals surface area contributed by atoms with E-state index in [0.717, 1.165) is 25.9 Å². The first-order chi connectivity index (χ1) is 9.04. The Morgan fingerprint density at radius 1 is 1.16 bits per heavy atom. The molecule has 0 atom stereocenters. The summed E-state index contributed by atoms with van der Waals surface area (Å²) < 4.78 is 0. The van der Waals surface area contributed by atoms with Gasteiger partial charge < -0.3 is 5.11 Å². The van der Waals surface area contributed by atoms with Gasteiger partial charge in [-0.15, -0.1) is 0 Å². The Bertz CT molecular complexity index is 594. The van der Waals surface area contributed by atoms with Crippen LogP contribution >= 0.6 is 23.4 Å². The summed E-state index contributed by atoms with van der Waals surface area (Å²) in [6.07, 6.45) is 0.0605. The highest BCUT2D eigenvalue weighted by atomic mass is 35.5. The van der Waals surface area contributed by atoms with Crippen LogP contribution in [0.3, 0.4) is 0 Å². The molecule has 2 rings (SSSR count). The van der Waals surface area contributed by atoms with Crippen molar-refractivity contribution in [3.05, 3.63) is 58.6 Å². The molecule has 2 aromatic rings. The van der Waals surface area contributed by atoms with Crippen molar-refractivity contribution in [2.45, 2.75) is 23.1 Å². The number of carboxylic acids is 1. The molecular weight excluding hydrogens is 280 g/mol. The van der Waals surface area contributed by atoms with E-state index in [1.165, 1.54) is 0 Å². The van der Waals surface area contributed by atoms with Crippen molar-refractivity contribution < 1.29 is 9.90 Å². The van der Waals surface area contributed by atoms with Crippen LogP contribution in [0.15, 0.2) is 52.3 Å². The summed E-state index contributed by atoms with van der Waals surface area (Å²) in [5.41, 5.74) is 1.86. The number of aliphatic carboxylic acids is 1. The van der Waals surface area contributed by atoms with Gasteiger partial charge in [-0.25, -0.2) is 0 Å². The van der Waals surface area contributed by atoms with E-state index in [0.29, 0.717) is 0 Å². The minimum absolute atomic E-state index is 0.0605. The Kier molecular flexibility index (Phi) is 4.51. The zero-order valence-electron chi connectivity index (χ0n) is 10.4. The molecule has 0 aliphatic carbocycles. The van der Waals surface area contributed by atoms with Crippen molar-refractivity contribution in [1.29, 1.82) is 0 Å². The summed E-state index contributed by atoms with van der Waals surface area (Å²) in [7, 11) is 0. The fourth-order valence-corrected chi connectivity index (χ4v) is 2.70. The molecule has 0 aliphatic rings. The van der Waals surface area contributed by atoms with E-state index in [-0.39, 0.29) is 6.42 Å². The lowest BCUT2D eigenvalue weighted by molar-refractivity contribution is -0.136. The predicted octanol–water partition coefficient (Wildman–Crippen LogP) is 4.43. The summed E-state index contributed by atoms with van der Waals surface area (Å²) in [6.45, 7) is 1.97. The second-order valence-corrected chi connectivity index (χ2v) is 5.78. The normalized spacial score (nSPS) is 10.4. The van der Waals surface area contributed by atoms with Crippen LogP contribution in [0.4, 0.5) is 0 Å². The monoisotopic (exact) mass is 292 g/mol. The summed E-state index contributed by atoms with van der Waals surface area (Å²) >= 11 is 7.62. The quantitative estimate of drug-likeness (QED) is 0.906. The Morgan fingerprint density at radius 3 is 2.37 bits per heavy atom. The molecule has 0 aromatic heterocycles. The van der Waals surface area contributed by atoms with E-state index in [9.17, 15) is 4.79 Å². The molecule has 0 amide bonds. The van der Waals surface area contributed by atoms with Gasteiger partial charge in [-0.2, -0.15) is 0 Å². The number of aryl methyl sites for hydroxylation is 1. The second-order valence-electron chi connectivity index (χ2n) is 4.23. The first kappa shape index (κ1) is 14.0. The minimum Gasteiger partial charge on any atom is -0.481 e. The van der Waals surface area contributed by atoms with E-state index >= 15 is 0 Å². The van der Waals surface area contributed by atoms with Crippen molar-refractivity contribution >= 4 is 29.3 Å². The zero-order chi connectivity index (χ0) is 13.8. The summed E-state index contributed by atoms with van der Waals surface area (Å²) in [5, 5.41) is 9.48. The first-order valence-electron chi connectivity index (χ1n) is 5.79. The largest absolute Gasteiger partial charge is 0.481 e. The lowest BCUT2D eigenvalue weighted by Crippen LogP contribution is -1.99. The van der Waals surface area contributed by atoms with Gasteiger partial charge in [0, 0.05) is 14.8 Å². The highest BCUT2D eigenvalue weighted by Gasteiger charge is 2.03. The van der Waals surface area contributed by atoms with Crippen LogP contribution in [0.25, 0.3) is 0 Å². The molecule has 2 nitrogen and oxygen atoms in total. The van der Waals surface area contributed by atoms with E-state index in [2.05, 4.69) is 0 Å². The average Bonchev–Trinajstić information content (AvgIpc) is 2.36. The lowest BCUT2D eigenvalue weighted by Gasteiger charge is -2.05. The molecule has 0 bridgehead atoms. The van der Waals surface area contributed by atoms with Crippen molar-refractivity contribution in [1.82, 2.24) is 0 Å². The Balaban J connectivity index is 2.10. The SMILES string of the molecule is Cc1cc(Sc2ccc(CC(=O)O)cc2)ccc1Cl. The third kappa shape index (κ3) is 4.01. The van der Waals surface area contributed by atoms with Gasteiger partial charge >= 0.3 is 5.97 Å². The van der Waals surface area contributed by atoms with Crippen LogP contribution in [0, 0.1) is 6.92 Å². The second kappa shape index (κ2) is 6.13. The molecule has 0 saturated heterocycles. The maximum atomic E-state index is 10.6. The van der Waals surface area contributed by atoms with Gasteiger partial charge in [0.1, 0.15) is 0 Å². The predicted molar refractivity (Wildman–Crippen MR) is 78.1 cm³/mol. The number of carbonyl (C=O) groups is 1. The Hall–Kier alpha value is -1.45. The van der Waals surface area contributed by atoms with Crippen LogP contribution < -0.4 is 0 Å². The average molecular weight is 293 g/mol.